The Morgan fingerprint density at radius 2 is 1.70 bits per heavy atom. The summed E-state index contributed by atoms with van der Waals surface area (Å²) in [5.41, 5.74) is 1.82. The van der Waals surface area contributed by atoms with Gasteiger partial charge in [-0.3, -0.25) is 4.79 Å². The molecule has 0 radical (unpaired) electrons. The molecule has 1 unspecified atom stereocenters. The van der Waals surface area contributed by atoms with E-state index in [9.17, 15) is 13.2 Å². The predicted molar refractivity (Wildman–Crippen MR) is 88.2 cm³/mol. The van der Waals surface area contributed by atoms with Crippen molar-refractivity contribution in [2.45, 2.75) is 24.2 Å². The number of piperidine rings is 1. The van der Waals surface area contributed by atoms with E-state index in [2.05, 4.69) is 0 Å². The maximum Gasteiger partial charge on any atom is 0.269 e. The number of rotatable bonds is 3. The smallest absolute Gasteiger partial charge is 0.269 e. The monoisotopic (exact) mass is 328 g/mol. The van der Waals surface area contributed by atoms with Crippen LogP contribution in [0.3, 0.4) is 0 Å². The van der Waals surface area contributed by atoms with Crippen LogP contribution in [-0.4, -0.2) is 25.2 Å². The summed E-state index contributed by atoms with van der Waals surface area (Å²) in [6, 6.07) is 15.9. The number of hydrogen-bond acceptors (Lipinski definition) is 3. The second kappa shape index (κ2) is 6.08. The third kappa shape index (κ3) is 2.97. The Kier molecular flexibility index (Phi) is 4.13. The summed E-state index contributed by atoms with van der Waals surface area (Å²) in [7, 11) is -3.82. The molecular formula is C18H18NO3S+. The van der Waals surface area contributed by atoms with Gasteiger partial charge in [0.2, 0.25) is 0 Å². The molecule has 3 rings (SSSR count). The lowest BCUT2D eigenvalue weighted by atomic mass is 9.91. The van der Waals surface area contributed by atoms with Crippen molar-refractivity contribution in [1.29, 1.82) is 0 Å². The third-order valence-corrected chi connectivity index (χ3v) is 5.83. The Morgan fingerprint density at radius 1 is 1.04 bits per heavy atom. The molecule has 0 bridgehead atoms. The van der Waals surface area contributed by atoms with Gasteiger partial charge in [0.25, 0.3) is 15.9 Å². The van der Waals surface area contributed by atoms with Crippen molar-refractivity contribution >= 4 is 15.9 Å². The number of benzene rings is 2. The molecule has 0 N–H and O–H groups in total. The fraction of sp³-hybridized carbons (Fsp3) is 0.222. The maximum absolute atomic E-state index is 12.8. The van der Waals surface area contributed by atoms with Crippen LogP contribution in [-0.2, 0) is 14.8 Å². The van der Waals surface area contributed by atoms with Crippen LogP contribution in [0.25, 0.3) is 0 Å². The summed E-state index contributed by atoms with van der Waals surface area (Å²) in [6.07, 6.45) is 2.41. The molecule has 0 saturated carbocycles. The summed E-state index contributed by atoms with van der Waals surface area (Å²) in [4.78, 5) is 12.9. The molecule has 1 heterocycles. The molecule has 0 spiro atoms. The molecule has 2 aromatic carbocycles. The average molecular weight is 328 g/mol. The zero-order valence-electron chi connectivity index (χ0n) is 12.8. The Morgan fingerprint density at radius 3 is 2.35 bits per heavy atom. The molecular weight excluding hydrogens is 310 g/mol. The molecule has 2 aromatic rings. The molecule has 23 heavy (non-hydrogen) atoms. The summed E-state index contributed by atoms with van der Waals surface area (Å²) in [5.74, 6) is -0.801. The van der Waals surface area contributed by atoms with Crippen LogP contribution in [0.1, 0.15) is 23.5 Å². The average Bonchev–Trinajstić information content (AvgIpc) is 2.56. The highest BCUT2D eigenvalue weighted by atomic mass is 32.2. The quantitative estimate of drug-likeness (QED) is 0.814. The van der Waals surface area contributed by atoms with E-state index in [1.807, 2.05) is 43.7 Å². The molecule has 1 aliphatic heterocycles. The van der Waals surface area contributed by atoms with Crippen LogP contribution >= 0.6 is 0 Å². The Labute approximate surface area is 136 Å². The van der Waals surface area contributed by atoms with Gasteiger partial charge in [-0.05, 0) is 24.6 Å². The minimum atomic E-state index is -3.82. The lowest BCUT2D eigenvalue weighted by Crippen LogP contribution is -2.44. The highest BCUT2D eigenvalue weighted by Crippen LogP contribution is 2.31. The Hall–Kier alpha value is -2.27. The van der Waals surface area contributed by atoms with E-state index in [1.54, 1.807) is 24.3 Å². The minimum absolute atomic E-state index is 0.123. The highest BCUT2D eigenvalue weighted by molar-refractivity contribution is 7.89. The Balaban J connectivity index is 1.93. The van der Waals surface area contributed by atoms with Gasteiger partial charge < -0.3 is 0 Å². The van der Waals surface area contributed by atoms with E-state index in [0.29, 0.717) is 6.42 Å². The van der Waals surface area contributed by atoms with Gasteiger partial charge in [0.1, 0.15) is 12.3 Å². The predicted octanol–water partition coefficient (Wildman–Crippen LogP) is 2.90. The molecule has 4 nitrogen and oxygen atoms in total. The largest absolute Gasteiger partial charge is 0.273 e. The number of sulfonamides is 1. The van der Waals surface area contributed by atoms with Crippen LogP contribution in [0.4, 0.5) is 0 Å². The van der Waals surface area contributed by atoms with Crippen molar-refractivity contribution in [3.63, 3.8) is 0 Å². The number of nitrogens with zero attached hydrogens (tertiary/aromatic N) is 1. The summed E-state index contributed by atoms with van der Waals surface area (Å²) < 4.78 is 26.5. The maximum atomic E-state index is 12.8. The van der Waals surface area contributed by atoms with Crippen molar-refractivity contribution < 1.29 is 13.2 Å². The third-order valence-electron chi connectivity index (χ3n) is 4.05. The number of carbonyl (C=O) groups is 1. The van der Waals surface area contributed by atoms with E-state index in [4.69, 9.17) is 0 Å². The molecule has 1 aliphatic rings. The van der Waals surface area contributed by atoms with Crippen LogP contribution in [0.15, 0.2) is 59.5 Å². The van der Waals surface area contributed by atoms with Gasteiger partial charge in [-0.2, -0.15) is 4.31 Å². The number of amides is 1. The van der Waals surface area contributed by atoms with Crippen molar-refractivity contribution in [3.05, 3.63) is 72.1 Å². The minimum Gasteiger partial charge on any atom is -0.273 e. The number of hydrogen-bond donors (Lipinski definition) is 0. The van der Waals surface area contributed by atoms with E-state index >= 15 is 0 Å². The van der Waals surface area contributed by atoms with Gasteiger partial charge in [-0.1, -0.05) is 48.0 Å². The van der Waals surface area contributed by atoms with Crippen molar-refractivity contribution in [2.75, 3.05) is 6.54 Å². The lowest BCUT2D eigenvalue weighted by Gasteiger charge is -2.27. The zero-order valence-corrected chi connectivity index (χ0v) is 13.7. The molecule has 1 amide bonds. The Bertz CT molecular complexity index is 798. The van der Waals surface area contributed by atoms with E-state index in [-0.39, 0.29) is 17.3 Å². The van der Waals surface area contributed by atoms with Crippen LogP contribution in [0, 0.1) is 13.3 Å². The van der Waals surface area contributed by atoms with Gasteiger partial charge in [0.15, 0.2) is 6.54 Å². The summed E-state index contributed by atoms with van der Waals surface area (Å²) in [6.45, 7) is 2.01. The first kappa shape index (κ1) is 15.6. The van der Waals surface area contributed by atoms with Crippen LogP contribution in [0.5, 0.6) is 0 Å². The lowest BCUT2D eigenvalue weighted by molar-refractivity contribution is -0.129. The zero-order chi connectivity index (χ0) is 16.4. The standard InChI is InChI=1S/C18H18NO3S/c1-14-9-11-16(12-10-14)23(21,22)19-13-5-8-17(18(19)20)15-6-3-2-4-7-15/h2-7,9-12,17H,8,13H2,1H3/q+1. The first-order chi connectivity index (χ1) is 11.0. The molecule has 5 heteroatoms. The molecule has 1 fully saturated rings. The SMILES string of the molecule is Cc1ccc(S(=O)(=O)N2C[CH+]CC(c3ccccc3)C2=O)cc1. The topological polar surface area (TPSA) is 54.5 Å². The number of carbonyl (C=O) groups excluding carboxylic acids is 1. The van der Waals surface area contributed by atoms with Gasteiger partial charge in [0, 0.05) is 0 Å². The molecule has 1 atom stereocenters. The van der Waals surface area contributed by atoms with Crippen LogP contribution in [0.2, 0.25) is 0 Å². The first-order valence-electron chi connectivity index (χ1n) is 7.50. The van der Waals surface area contributed by atoms with Gasteiger partial charge in [-0.15, -0.1) is 0 Å². The van der Waals surface area contributed by atoms with Gasteiger partial charge in [-0.25, -0.2) is 8.42 Å². The van der Waals surface area contributed by atoms with Crippen molar-refractivity contribution in [1.82, 2.24) is 4.31 Å². The second-order valence-electron chi connectivity index (χ2n) is 5.68. The van der Waals surface area contributed by atoms with E-state index < -0.39 is 15.9 Å². The first-order valence-corrected chi connectivity index (χ1v) is 8.94. The van der Waals surface area contributed by atoms with E-state index in [0.717, 1.165) is 15.4 Å². The van der Waals surface area contributed by atoms with Crippen molar-refractivity contribution in [2.24, 2.45) is 0 Å². The fourth-order valence-electron chi connectivity index (χ4n) is 2.74. The molecule has 118 valence electrons. The normalized spacial score (nSPS) is 18.6. The molecule has 1 saturated heterocycles. The molecule has 0 aliphatic carbocycles. The van der Waals surface area contributed by atoms with Gasteiger partial charge in [0.05, 0.1) is 11.3 Å². The fourth-order valence-corrected chi connectivity index (χ4v) is 4.14. The number of aryl methyl sites for hydroxylation is 1. The summed E-state index contributed by atoms with van der Waals surface area (Å²) in [5, 5.41) is 0. The van der Waals surface area contributed by atoms with Crippen LogP contribution < -0.4 is 0 Å². The van der Waals surface area contributed by atoms with Gasteiger partial charge >= 0.3 is 0 Å². The molecule has 0 aromatic heterocycles. The van der Waals surface area contributed by atoms with E-state index in [1.165, 1.54) is 0 Å². The van der Waals surface area contributed by atoms with Crippen molar-refractivity contribution in [3.8, 4) is 0 Å². The second-order valence-corrected chi connectivity index (χ2v) is 7.54. The summed E-state index contributed by atoms with van der Waals surface area (Å²) >= 11 is 0. The highest BCUT2D eigenvalue weighted by Gasteiger charge is 2.41.